The lowest BCUT2D eigenvalue weighted by Crippen LogP contribution is -2.15. The summed E-state index contributed by atoms with van der Waals surface area (Å²) >= 11 is 0. The van der Waals surface area contributed by atoms with Crippen LogP contribution in [-0.4, -0.2) is 36.4 Å². The Morgan fingerprint density at radius 2 is 2.33 bits per heavy atom. The van der Waals surface area contributed by atoms with Gasteiger partial charge in [-0.25, -0.2) is 4.63 Å². The van der Waals surface area contributed by atoms with Crippen LogP contribution in [0.1, 0.15) is 10.5 Å². The van der Waals surface area contributed by atoms with Gasteiger partial charge in [-0.2, -0.15) is 4.80 Å². The Kier molecular flexibility index (Phi) is 2.00. The molecule has 0 saturated carbocycles. The molecule has 78 valence electrons. The molecule has 0 aromatic carbocycles. The van der Waals surface area contributed by atoms with Crippen LogP contribution in [0.25, 0.3) is 0 Å². The van der Waals surface area contributed by atoms with Crippen LogP contribution in [0.2, 0.25) is 0 Å². The summed E-state index contributed by atoms with van der Waals surface area (Å²) < 4.78 is 4.26. The van der Waals surface area contributed by atoms with Gasteiger partial charge in [0.05, 0.1) is 7.05 Å². The number of hydrogen-bond donors (Lipinski definition) is 2. The number of aryl methyl sites for hydroxylation is 1. The number of carbonyl (C=O) groups excluding carboxylic acids is 1. The number of nitrogen functional groups attached to an aromatic ring is 1. The van der Waals surface area contributed by atoms with Crippen LogP contribution in [-0.2, 0) is 7.05 Å². The number of tetrazole rings is 1. The monoisotopic (exact) mass is 210 g/mol. The van der Waals surface area contributed by atoms with Crippen molar-refractivity contribution >= 4 is 17.7 Å². The maximum atomic E-state index is 11.4. The number of nitrogens with two attached hydrogens (primary N) is 1. The highest BCUT2D eigenvalue weighted by Crippen LogP contribution is 2.05. The van der Waals surface area contributed by atoms with Gasteiger partial charge in [-0.1, -0.05) is 5.10 Å². The summed E-state index contributed by atoms with van der Waals surface area (Å²) in [4.78, 5) is 12.6. The Labute approximate surface area is 82.4 Å². The number of nitrogens with one attached hydrogen (secondary N) is 1. The molecular weight excluding hydrogens is 204 g/mol. The van der Waals surface area contributed by atoms with E-state index >= 15 is 0 Å². The third-order valence-electron chi connectivity index (χ3n) is 1.46. The summed E-state index contributed by atoms with van der Waals surface area (Å²) in [6.07, 6.45) is 0. The summed E-state index contributed by atoms with van der Waals surface area (Å²) in [5.41, 5.74) is 5.19. The number of amides is 1. The van der Waals surface area contributed by atoms with Crippen molar-refractivity contribution in [1.29, 1.82) is 0 Å². The van der Waals surface area contributed by atoms with Gasteiger partial charge >= 0.3 is 0 Å². The van der Waals surface area contributed by atoms with Crippen LogP contribution in [0.5, 0.6) is 0 Å². The molecule has 15 heavy (non-hydrogen) atoms. The summed E-state index contributed by atoms with van der Waals surface area (Å²) in [6, 6.07) is 0. The van der Waals surface area contributed by atoms with Gasteiger partial charge in [0.1, 0.15) is 0 Å². The first kappa shape index (κ1) is 9.05. The second kappa shape index (κ2) is 3.32. The molecule has 10 heteroatoms. The average Bonchev–Trinajstić information content (AvgIpc) is 2.75. The molecule has 2 heterocycles. The molecule has 2 aromatic heterocycles. The maximum absolute atomic E-state index is 11.4. The topological polar surface area (TPSA) is 138 Å². The lowest BCUT2D eigenvalue weighted by Gasteiger charge is -1.94. The van der Waals surface area contributed by atoms with Crippen molar-refractivity contribution in [2.24, 2.45) is 7.05 Å². The zero-order chi connectivity index (χ0) is 10.8. The first-order chi connectivity index (χ1) is 7.16. The number of nitrogens with zero attached hydrogens (tertiary/aromatic N) is 6. The van der Waals surface area contributed by atoms with E-state index in [2.05, 4.69) is 35.7 Å². The minimum atomic E-state index is -0.609. The number of hydrogen-bond acceptors (Lipinski definition) is 8. The fourth-order valence-corrected chi connectivity index (χ4v) is 0.848. The quantitative estimate of drug-likeness (QED) is 0.606. The van der Waals surface area contributed by atoms with Crippen molar-refractivity contribution in [2.75, 3.05) is 11.1 Å². The van der Waals surface area contributed by atoms with E-state index in [-0.39, 0.29) is 17.5 Å². The molecule has 0 atom stereocenters. The van der Waals surface area contributed by atoms with Gasteiger partial charge in [0.15, 0.2) is 0 Å². The van der Waals surface area contributed by atoms with Gasteiger partial charge in [-0.05, 0) is 15.5 Å². The Hall–Kier alpha value is -2.52. The van der Waals surface area contributed by atoms with E-state index in [4.69, 9.17) is 5.73 Å². The van der Waals surface area contributed by atoms with E-state index in [0.717, 1.165) is 0 Å². The normalized spacial score (nSPS) is 10.2. The van der Waals surface area contributed by atoms with Gasteiger partial charge in [0.2, 0.25) is 11.5 Å². The highest BCUT2D eigenvalue weighted by molar-refractivity contribution is 6.04. The molecule has 10 nitrogen and oxygen atoms in total. The van der Waals surface area contributed by atoms with Crippen molar-refractivity contribution in [2.45, 2.75) is 0 Å². The van der Waals surface area contributed by atoms with Crippen LogP contribution in [0.15, 0.2) is 4.63 Å². The molecule has 2 aromatic rings. The highest BCUT2D eigenvalue weighted by atomic mass is 16.6. The largest absolute Gasteiger partial charge is 0.379 e. The predicted molar refractivity (Wildman–Crippen MR) is 45.5 cm³/mol. The third-order valence-corrected chi connectivity index (χ3v) is 1.46. The zero-order valence-electron chi connectivity index (χ0n) is 7.58. The Morgan fingerprint density at radius 3 is 2.87 bits per heavy atom. The minimum absolute atomic E-state index is 0.0462. The van der Waals surface area contributed by atoms with E-state index < -0.39 is 5.91 Å². The molecule has 0 aliphatic heterocycles. The summed E-state index contributed by atoms with van der Waals surface area (Å²) in [5.74, 6) is -0.664. The van der Waals surface area contributed by atoms with Gasteiger partial charge in [-0.3, -0.25) is 10.1 Å². The van der Waals surface area contributed by atoms with Crippen molar-refractivity contribution in [3.8, 4) is 0 Å². The minimum Gasteiger partial charge on any atom is -0.379 e. The van der Waals surface area contributed by atoms with E-state index in [1.54, 1.807) is 7.05 Å². The first-order valence-corrected chi connectivity index (χ1v) is 3.80. The second-order valence-electron chi connectivity index (χ2n) is 2.55. The van der Waals surface area contributed by atoms with Gasteiger partial charge in [0, 0.05) is 0 Å². The fourth-order valence-electron chi connectivity index (χ4n) is 0.848. The molecule has 0 fully saturated rings. The standard InChI is InChI=1S/C5H6N8O2/c1-13-9-5(8-12-13)7-4(14)2-3(6)11-15-10-2/h1H3,(H2,6,11)(H,7,9,14). The summed E-state index contributed by atoms with van der Waals surface area (Å²) in [7, 11) is 1.56. The molecule has 0 aliphatic carbocycles. The molecule has 0 saturated heterocycles. The van der Waals surface area contributed by atoms with E-state index in [0.29, 0.717) is 0 Å². The molecule has 1 amide bonds. The van der Waals surface area contributed by atoms with E-state index in [9.17, 15) is 4.79 Å². The van der Waals surface area contributed by atoms with Crippen molar-refractivity contribution < 1.29 is 9.42 Å². The fraction of sp³-hybridized carbons (Fsp3) is 0.200. The van der Waals surface area contributed by atoms with Gasteiger partial charge in [0.25, 0.3) is 11.9 Å². The Morgan fingerprint density at radius 1 is 1.53 bits per heavy atom. The molecule has 0 radical (unpaired) electrons. The molecule has 3 N–H and O–H groups in total. The Bertz CT molecular complexity index is 487. The molecule has 0 aliphatic rings. The van der Waals surface area contributed by atoms with E-state index in [1.807, 2.05) is 0 Å². The summed E-state index contributed by atoms with van der Waals surface area (Å²) in [5, 5.41) is 19.7. The average molecular weight is 210 g/mol. The van der Waals surface area contributed by atoms with Crippen LogP contribution < -0.4 is 11.1 Å². The van der Waals surface area contributed by atoms with Crippen molar-refractivity contribution in [1.82, 2.24) is 30.5 Å². The molecule has 0 spiro atoms. The number of anilines is 2. The number of rotatable bonds is 2. The maximum Gasteiger partial charge on any atom is 0.284 e. The SMILES string of the molecule is Cn1nnc(NC(=O)c2nonc2N)n1. The van der Waals surface area contributed by atoms with E-state index in [1.165, 1.54) is 4.80 Å². The lowest BCUT2D eigenvalue weighted by molar-refractivity contribution is 0.101. The van der Waals surface area contributed by atoms with Crippen LogP contribution in [0, 0.1) is 0 Å². The number of carbonyl (C=O) groups is 1. The van der Waals surface area contributed by atoms with Gasteiger partial charge in [-0.15, -0.1) is 5.10 Å². The highest BCUT2D eigenvalue weighted by Gasteiger charge is 2.17. The number of aromatic nitrogens is 6. The lowest BCUT2D eigenvalue weighted by atomic mass is 10.4. The predicted octanol–water partition coefficient (Wildman–Crippen LogP) is -1.57. The van der Waals surface area contributed by atoms with Gasteiger partial charge < -0.3 is 5.73 Å². The second-order valence-corrected chi connectivity index (χ2v) is 2.55. The smallest absolute Gasteiger partial charge is 0.284 e. The zero-order valence-corrected chi connectivity index (χ0v) is 7.58. The van der Waals surface area contributed by atoms with Crippen LogP contribution in [0.3, 0.4) is 0 Å². The molecular formula is C5H6N8O2. The molecule has 0 unspecified atom stereocenters. The summed E-state index contributed by atoms with van der Waals surface area (Å²) in [6.45, 7) is 0. The first-order valence-electron chi connectivity index (χ1n) is 3.80. The third kappa shape index (κ3) is 1.72. The van der Waals surface area contributed by atoms with Crippen molar-refractivity contribution in [3.05, 3.63) is 5.69 Å². The Balaban J connectivity index is 2.14. The molecule has 2 rings (SSSR count). The molecule has 0 bridgehead atoms. The van der Waals surface area contributed by atoms with Crippen molar-refractivity contribution in [3.63, 3.8) is 0 Å². The van der Waals surface area contributed by atoms with Crippen LogP contribution in [0.4, 0.5) is 11.8 Å². The van der Waals surface area contributed by atoms with Crippen LogP contribution >= 0.6 is 0 Å².